The van der Waals surface area contributed by atoms with Crippen molar-refractivity contribution in [2.45, 2.75) is 38.4 Å². The first-order chi connectivity index (χ1) is 12.1. The highest BCUT2D eigenvalue weighted by molar-refractivity contribution is 5.92. The van der Waals surface area contributed by atoms with Crippen LogP contribution in [0.4, 0.5) is 0 Å². The van der Waals surface area contributed by atoms with Crippen LogP contribution in [0.1, 0.15) is 29.0 Å². The van der Waals surface area contributed by atoms with Gasteiger partial charge < -0.3 is 4.90 Å². The second-order valence-electron chi connectivity index (χ2n) is 7.19. The topological polar surface area (TPSA) is 67.2 Å². The maximum absolute atomic E-state index is 12.7. The van der Waals surface area contributed by atoms with E-state index in [-0.39, 0.29) is 5.91 Å². The molecule has 2 aliphatic rings. The molecule has 7 heteroatoms. The largest absolute Gasteiger partial charge is 0.337 e. The highest BCUT2D eigenvalue weighted by Crippen LogP contribution is 2.35. The molecule has 4 heterocycles. The summed E-state index contributed by atoms with van der Waals surface area (Å²) in [5, 5.41) is 4.33. The van der Waals surface area contributed by atoms with Gasteiger partial charge in [-0.05, 0) is 38.8 Å². The van der Waals surface area contributed by atoms with Gasteiger partial charge in [-0.15, -0.1) is 0 Å². The Morgan fingerprint density at radius 3 is 2.92 bits per heavy atom. The number of carbonyl (C=O) groups excluding carboxylic acids is 1. The van der Waals surface area contributed by atoms with Crippen LogP contribution in [0.15, 0.2) is 30.9 Å². The Hall–Kier alpha value is -2.28. The summed E-state index contributed by atoms with van der Waals surface area (Å²) in [6.45, 7) is 4.38. The standard InChI is InChI=1S/C18H24N6O/c1-13-9-20-16(10-19-13)18(25)23-7-4-17-14(11-23)8-15(22(17)2)12-24-6-3-5-21-24/h3,5-6,9-10,14-15,17H,4,7-8,11-12H2,1-2H3/t14-,15-,17+/m1/s1. The summed E-state index contributed by atoms with van der Waals surface area (Å²) in [6, 6.07) is 2.99. The molecule has 0 N–H and O–H groups in total. The molecule has 0 bridgehead atoms. The van der Waals surface area contributed by atoms with Crippen molar-refractivity contribution in [3.8, 4) is 0 Å². The number of hydrogen-bond acceptors (Lipinski definition) is 5. The van der Waals surface area contributed by atoms with Gasteiger partial charge in [-0.1, -0.05) is 0 Å². The molecule has 2 aromatic heterocycles. The molecule has 3 atom stereocenters. The van der Waals surface area contributed by atoms with Gasteiger partial charge in [-0.3, -0.25) is 19.4 Å². The summed E-state index contributed by atoms with van der Waals surface area (Å²) < 4.78 is 2.00. The number of hydrogen-bond donors (Lipinski definition) is 0. The minimum Gasteiger partial charge on any atom is -0.337 e. The zero-order valence-electron chi connectivity index (χ0n) is 14.7. The van der Waals surface area contributed by atoms with E-state index in [1.165, 1.54) is 0 Å². The zero-order chi connectivity index (χ0) is 17.4. The van der Waals surface area contributed by atoms with Crippen molar-refractivity contribution < 1.29 is 4.79 Å². The summed E-state index contributed by atoms with van der Waals surface area (Å²) in [5.41, 5.74) is 1.28. The van der Waals surface area contributed by atoms with E-state index in [4.69, 9.17) is 0 Å². The van der Waals surface area contributed by atoms with Crippen LogP contribution < -0.4 is 0 Å². The smallest absolute Gasteiger partial charge is 0.274 e. The van der Waals surface area contributed by atoms with E-state index in [1.807, 2.05) is 35.0 Å². The van der Waals surface area contributed by atoms with Gasteiger partial charge in [0.2, 0.25) is 0 Å². The van der Waals surface area contributed by atoms with Gasteiger partial charge >= 0.3 is 0 Å². The number of carbonyl (C=O) groups is 1. The molecule has 0 aliphatic carbocycles. The molecule has 7 nitrogen and oxygen atoms in total. The number of likely N-dealkylation sites (tertiary alicyclic amines) is 2. The molecule has 2 fully saturated rings. The Kier molecular flexibility index (Phi) is 4.25. The highest BCUT2D eigenvalue weighted by Gasteiger charge is 2.43. The molecule has 2 aliphatic heterocycles. The molecule has 2 saturated heterocycles. The highest BCUT2D eigenvalue weighted by atomic mass is 16.2. The number of amides is 1. The first-order valence-electron chi connectivity index (χ1n) is 8.89. The van der Waals surface area contributed by atoms with Crippen molar-refractivity contribution in [3.63, 3.8) is 0 Å². The Labute approximate surface area is 147 Å². The summed E-state index contributed by atoms with van der Waals surface area (Å²) in [7, 11) is 2.21. The fraction of sp³-hybridized carbons (Fsp3) is 0.556. The van der Waals surface area contributed by atoms with Gasteiger partial charge in [0.15, 0.2) is 0 Å². The molecule has 0 unspecified atom stereocenters. The number of fused-ring (bicyclic) bond motifs is 1. The maximum Gasteiger partial charge on any atom is 0.274 e. The maximum atomic E-state index is 12.7. The lowest BCUT2D eigenvalue weighted by Gasteiger charge is -2.37. The summed E-state index contributed by atoms with van der Waals surface area (Å²) in [4.78, 5) is 25.6. The van der Waals surface area contributed by atoms with E-state index >= 15 is 0 Å². The second-order valence-corrected chi connectivity index (χ2v) is 7.19. The minimum absolute atomic E-state index is 0.00382. The van der Waals surface area contributed by atoms with Crippen LogP contribution in [-0.4, -0.2) is 67.7 Å². The van der Waals surface area contributed by atoms with Gasteiger partial charge in [-0.25, -0.2) is 4.98 Å². The van der Waals surface area contributed by atoms with Crippen molar-refractivity contribution in [2.75, 3.05) is 20.1 Å². The van der Waals surface area contributed by atoms with Crippen molar-refractivity contribution >= 4 is 5.91 Å². The summed E-state index contributed by atoms with van der Waals surface area (Å²) in [5.74, 6) is 0.519. The van der Waals surface area contributed by atoms with Crippen LogP contribution in [0.5, 0.6) is 0 Å². The second kappa shape index (κ2) is 6.55. The third-order valence-electron chi connectivity index (χ3n) is 5.61. The van der Waals surface area contributed by atoms with E-state index in [0.717, 1.165) is 38.2 Å². The van der Waals surface area contributed by atoms with Crippen LogP contribution in [0, 0.1) is 12.8 Å². The summed E-state index contributed by atoms with van der Waals surface area (Å²) in [6.07, 6.45) is 9.20. The number of aryl methyl sites for hydroxylation is 1. The Morgan fingerprint density at radius 1 is 1.32 bits per heavy atom. The molecule has 0 saturated carbocycles. The third-order valence-corrected chi connectivity index (χ3v) is 5.61. The monoisotopic (exact) mass is 340 g/mol. The molecule has 25 heavy (non-hydrogen) atoms. The van der Waals surface area contributed by atoms with Gasteiger partial charge in [0.1, 0.15) is 5.69 Å². The Morgan fingerprint density at radius 2 is 2.20 bits per heavy atom. The van der Waals surface area contributed by atoms with Crippen molar-refractivity contribution in [3.05, 3.63) is 42.2 Å². The fourth-order valence-corrected chi connectivity index (χ4v) is 4.25. The average Bonchev–Trinajstić information content (AvgIpc) is 3.24. The average molecular weight is 340 g/mol. The van der Waals surface area contributed by atoms with Gasteiger partial charge in [-0.2, -0.15) is 5.10 Å². The predicted octanol–water partition coefficient (Wildman–Crippen LogP) is 1.22. The number of rotatable bonds is 3. The van der Waals surface area contributed by atoms with E-state index in [2.05, 4.69) is 27.0 Å². The fourth-order valence-electron chi connectivity index (χ4n) is 4.25. The molecule has 132 valence electrons. The lowest BCUT2D eigenvalue weighted by atomic mass is 9.92. The molecule has 0 spiro atoms. The zero-order valence-corrected chi connectivity index (χ0v) is 14.7. The van der Waals surface area contributed by atoms with Gasteiger partial charge in [0.05, 0.1) is 18.4 Å². The predicted molar refractivity (Wildman–Crippen MR) is 93.0 cm³/mol. The summed E-state index contributed by atoms with van der Waals surface area (Å²) >= 11 is 0. The van der Waals surface area contributed by atoms with Crippen molar-refractivity contribution in [1.29, 1.82) is 0 Å². The lowest BCUT2D eigenvalue weighted by Crippen LogP contribution is -2.48. The van der Waals surface area contributed by atoms with Crippen LogP contribution in [0.2, 0.25) is 0 Å². The lowest BCUT2D eigenvalue weighted by molar-refractivity contribution is 0.0601. The van der Waals surface area contributed by atoms with E-state index in [9.17, 15) is 4.79 Å². The van der Waals surface area contributed by atoms with Crippen LogP contribution >= 0.6 is 0 Å². The Bertz CT molecular complexity index is 729. The normalized spacial score (nSPS) is 26.6. The molecule has 0 radical (unpaired) electrons. The molecular weight excluding hydrogens is 316 g/mol. The van der Waals surface area contributed by atoms with E-state index in [0.29, 0.717) is 23.7 Å². The number of likely N-dealkylation sites (N-methyl/N-ethyl adjacent to an activating group) is 1. The SMILES string of the molecule is Cc1cnc(C(=O)N2CC[C@H]3[C@H](C[C@H](Cn4cccn4)N3C)C2)cn1. The van der Waals surface area contributed by atoms with E-state index < -0.39 is 0 Å². The third kappa shape index (κ3) is 3.16. The number of aromatic nitrogens is 4. The molecule has 4 rings (SSSR count). The van der Waals surface area contributed by atoms with Crippen molar-refractivity contribution in [2.24, 2.45) is 5.92 Å². The first kappa shape index (κ1) is 16.2. The molecule has 2 aromatic rings. The number of nitrogens with zero attached hydrogens (tertiary/aromatic N) is 6. The van der Waals surface area contributed by atoms with Crippen LogP contribution in [-0.2, 0) is 6.54 Å². The molecule has 1 amide bonds. The van der Waals surface area contributed by atoms with Gasteiger partial charge in [0, 0.05) is 43.8 Å². The van der Waals surface area contributed by atoms with Crippen molar-refractivity contribution in [1.82, 2.24) is 29.5 Å². The number of piperidine rings is 1. The Balaban J connectivity index is 1.42. The van der Waals surface area contributed by atoms with Crippen LogP contribution in [0.3, 0.4) is 0 Å². The quantitative estimate of drug-likeness (QED) is 0.840. The van der Waals surface area contributed by atoms with E-state index in [1.54, 1.807) is 12.4 Å². The van der Waals surface area contributed by atoms with Gasteiger partial charge in [0.25, 0.3) is 5.91 Å². The minimum atomic E-state index is 0.00382. The first-order valence-corrected chi connectivity index (χ1v) is 8.89. The molecular formula is C18H24N6O. The molecule has 0 aromatic carbocycles. The van der Waals surface area contributed by atoms with Crippen LogP contribution in [0.25, 0.3) is 0 Å².